The zero-order valence-corrected chi connectivity index (χ0v) is 18.6. The zero-order chi connectivity index (χ0) is 21.6. The highest BCUT2D eigenvalue weighted by Crippen LogP contribution is 2.32. The van der Waals surface area contributed by atoms with E-state index in [1.807, 2.05) is 36.4 Å². The highest BCUT2D eigenvalue weighted by molar-refractivity contribution is 5.91. The molecule has 0 aliphatic carbocycles. The van der Waals surface area contributed by atoms with Gasteiger partial charge in [0.25, 0.3) is 0 Å². The van der Waals surface area contributed by atoms with E-state index in [1.54, 1.807) is 0 Å². The van der Waals surface area contributed by atoms with Crippen LogP contribution in [0.5, 0.6) is 0 Å². The van der Waals surface area contributed by atoms with E-state index in [0.717, 1.165) is 29.4 Å². The van der Waals surface area contributed by atoms with E-state index < -0.39 is 0 Å². The van der Waals surface area contributed by atoms with Crippen LogP contribution >= 0.6 is 0 Å². The number of hydrogen-bond donors (Lipinski definition) is 0. The molecule has 0 heterocycles. The molecule has 0 fully saturated rings. The Labute approximate surface area is 185 Å². The Kier molecular flexibility index (Phi) is 6.82. The molecule has 0 radical (unpaired) electrons. The molecule has 0 spiro atoms. The predicted octanol–water partition coefficient (Wildman–Crippen LogP) is 9.00. The van der Waals surface area contributed by atoms with Crippen LogP contribution in [-0.2, 0) is 12.8 Å². The summed E-state index contributed by atoms with van der Waals surface area (Å²) in [6, 6.07) is 27.1. The normalized spacial score (nSPS) is 11.2. The van der Waals surface area contributed by atoms with Crippen LogP contribution in [0.2, 0.25) is 0 Å². The van der Waals surface area contributed by atoms with Crippen LogP contribution in [0.15, 0.2) is 78.9 Å². The first kappa shape index (κ1) is 21.3. The molecule has 0 aromatic heterocycles. The lowest BCUT2D eigenvalue weighted by Gasteiger charge is -2.10. The van der Waals surface area contributed by atoms with Crippen LogP contribution in [0.4, 0.5) is 4.39 Å². The van der Waals surface area contributed by atoms with Gasteiger partial charge in [-0.2, -0.15) is 0 Å². The average molecular weight is 411 g/mol. The molecule has 158 valence electrons. The fraction of sp³-hybridized carbons (Fsp3) is 0.267. The molecule has 0 aliphatic heterocycles. The van der Waals surface area contributed by atoms with Crippen molar-refractivity contribution in [3.05, 3.63) is 95.8 Å². The Morgan fingerprint density at radius 3 is 1.71 bits per heavy atom. The van der Waals surface area contributed by atoms with E-state index in [1.165, 1.54) is 42.4 Å². The summed E-state index contributed by atoms with van der Waals surface area (Å²) in [7, 11) is 0. The van der Waals surface area contributed by atoms with Crippen molar-refractivity contribution in [3.63, 3.8) is 0 Å². The van der Waals surface area contributed by atoms with Crippen molar-refractivity contribution < 1.29 is 4.39 Å². The van der Waals surface area contributed by atoms with Gasteiger partial charge in [0.15, 0.2) is 0 Å². The van der Waals surface area contributed by atoms with E-state index in [2.05, 4.69) is 56.3 Å². The van der Waals surface area contributed by atoms with E-state index in [9.17, 15) is 0 Å². The molecule has 1 heteroatoms. The van der Waals surface area contributed by atoms with Gasteiger partial charge in [-0.3, -0.25) is 0 Å². The van der Waals surface area contributed by atoms with Gasteiger partial charge in [-0.15, -0.1) is 0 Å². The van der Waals surface area contributed by atoms with E-state index in [0.29, 0.717) is 10.9 Å². The van der Waals surface area contributed by atoms with Crippen molar-refractivity contribution in [1.82, 2.24) is 0 Å². The van der Waals surface area contributed by atoms with Gasteiger partial charge in [-0.05, 0) is 65.0 Å². The van der Waals surface area contributed by atoms with Gasteiger partial charge in [0.2, 0.25) is 0 Å². The summed E-state index contributed by atoms with van der Waals surface area (Å²) in [6.45, 7) is 4.42. The molecule has 31 heavy (non-hydrogen) atoms. The number of aryl methyl sites for hydroxylation is 2. The van der Waals surface area contributed by atoms with E-state index in [-0.39, 0.29) is 5.82 Å². The third-order valence-corrected chi connectivity index (χ3v) is 6.14. The van der Waals surface area contributed by atoms with Crippen LogP contribution in [0.3, 0.4) is 0 Å². The maximum atomic E-state index is 15.4. The first-order chi connectivity index (χ1) is 15.2. The maximum Gasteiger partial charge on any atom is 0.138 e. The Bertz CT molecular complexity index is 1140. The number of halogens is 1. The number of rotatable bonds is 8. The highest BCUT2D eigenvalue weighted by Gasteiger charge is 2.11. The molecule has 0 N–H and O–H groups in total. The summed E-state index contributed by atoms with van der Waals surface area (Å²) < 4.78 is 15.4. The van der Waals surface area contributed by atoms with Crippen molar-refractivity contribution in [2.75, 3.05) is 0 Å². The number of hydrogen-bond acceptors (Lipinski definition) is 0. The molecule has 0 unspecified atom stereocenters. The van der Waals surface area contributed by atoms with Crippen LogP contribution < -0.4 is 0 Å². The van der Waals surface area contributed by atoms with E-state index >= 15 is 4.39 Å². The van der Waals surface area contributed by atoms with Gasteiger partial charge >= 0.3 is 0 Å². The van der Waals surface area contributed by atoms with Crippen LogP contribution in [0.1, 0.15) is 50.7 Å². The van der Waals surface area contributed by atoms with Crippen molar-refractivity contribution in [2.24, 2.45) is 0 Å². The molecule has 0 bridgehead atoms. The Balaban J connectivity index is 1.60. The minimum atomic E-state index is -0.139. The Hall–Kier alpha value is -2.93. The van der Waals surface area contributed by atoms with Crippen molar-refractivity contribution in [2.45, 2.75) is 52.4 Å². The second-order valence-electron chi connectivity index (χ2n) is 8.46. The Morgan fingerprint density at radius 1 is 0.581 bits per heavy atom. The second-order valence-corrected chi connectivity index (χ2v) is 8.46. The lowest BCUT2D eigenvalue weighted by Crippen LogP contribution is -1.90. The topological polar surface area (TPSA) is 0 Å². The molecule has 0 atom stereocenters. The van der Waals surface area contributed by atoms with Crippen LogP contribution in [0, 0.1) is 5.82 Å². The number of unbranched alkanes of at least 4 members (excludes halogenated alkanes) is 2. The number of fused-ring (bicyclic) bond motifs is 1. The van der Waals surface area contributed by atoms with Crippen LogP contribution in [0.25, 0.3) is 33.0 Å². The minimum absolute atomic E-state index is 0.139. The molecule has 4 rings (SSSR count). The summed E-state index contributed by atoms with van der Waals surface area (Å²) in [5.74, 6) is -0.139. The SMILES string of the molecule is CCCCc1ccc(-c2ccc3c(F)c(-c4ccc(CCCC)cc4)ccc3c2)cc1. The van der Waals surface area contributed by atoms with Gasteiger partial charge in [0.05, 0.1) is 0 Å². The van der Waals surface area contributed by atoms with Gasteiger partial charge in [-0.1, -0.05) is 99.5 Å². The zero-order valence-electron chi connectivity index (χ0n) is 18.6. The molecule has 0 amide bonds. The average Bonchev–Trinajstić information content (AvgIpc) is 2.82. The summed E-state index contributed by atoms with van der Waals surface area (Å²) in [5.41, 5.74) is 6.60. The fourth-order valence-corrected chi connectivity index (χ4v) is 4.17. The molecule has 0 aliphatic rings. The summed E-state index contributed by atoms with van der Waals surface area (Å²) in [5, 5.41) is 1.62. The molecule has 0 saturated carbocycles. The third-order valence-electron chi connectivity index (χ3n) is 6.14. The van der Waals surface area contributed by atoms with Gasteiger partial charge < -0.3 is 0 Å². The first-order valence-electron chi connectivity index (χ1n) is 11.6. The predicted molar refractivity (Wildman–Crippen MR) is 132 cm³/mol. The van der Waals surface area contributed by atoms with Gasteiger partial charge in [0, 0.05) is 10.9 Å². The van der Waals surface area contributed by atoms with Crippen molar-refractivity contribution in [3.8, 4) is 22.3 Å². The third kappa shape index (κ3) is 4.88. The maximum absolute atomic E-state index is 15.4. The largest absolute Gasteiger partial charge is 0.206 e. The van der Waals surface area contributed by atoms with E-state index in [4.69, 9.17) is 0 Å². The second kappa shape index (κ2) is 9.92. The smallest absolute Gasteiger partial charge is 0.138 e. The summed E-state index contributed by atoms with van der Waals surface area (Å²) in [6.07, 6.45) is 7.02. The number of benzene rings is 4. The lowest BCUT2D eigenvalue weighted by molar-refractivity contribution is 0.643. The molecule has 0 saturated heterocycles. The summed E-state index contributed by atoms with van der Waals surface area (Å²) in [4.78, 5) is 0. The molecule has 4 aromatic rings. The first-order valence-corrected chi connectivity index (χ1v) is 11.6. The Morgan fingerprint density at radius 2 is 1.13 bits per heavy atom. The molecular weight excluding hydrogens is 379 g/mol. The lowest BCUT2D eigenvalue weighted by atomic mass is 9.95. The fourth-order valence-electron chi connectivity index (χ4n) is 4.17. The highest BCUT2D eigenvalue weighted by atomic mass is 19.1. The quantitative estimate of drug-likeness (QED) is 0.272. The van der Waals surface area contributed by atoms with Gasteiger partial charge in [0.1, 0.15) is 5.82 Å². The molecule has 4 aromatic carbocycles. The van der Waals surface area contributed by atoms with Crippen molar-refractivity contribution >= 4 is 10.8 Å². The van der Waals surface area contributed by atoms with Gasteiger partial charge in [-0.25, -0.2) is 4.39 Å². The summed E-state index contributed by atoms with van der Waals surface area (Å²) >= 11 is 0. The monoisotopic (exact) mass is 410 g/mol. The minimum Gasteiger partial charge on any atom is -0.206 e. The van der Waals surface area contributed by atoms with Crippen LogP contribution in [-0.4, -0.2) is 0 Å². The molecular formula is C30H31F. The van der Waals surface area contributed by atoms with Crippen molar-refractivity contribution in [1.29, 1.82) is 0 Å². The standard InChI is InChI=1S/C30H31F/c1-3-5-7-22-9-13-24(14-10-22)26-17-19-29-27(21-26)18-20-28(30(29)31)25-15-11-23(12-16-25)8-6-4-2/h9-21H,3-8H2,1-2H3. The molecule has 0 nitrogen and oxygen atoms in total.